The summed E-state index contributed by atoms with van der Waals surface area (Å²) in [5, 5.41) is 2.66. The molecule has 1 aromatic rings. The summed E-state index contributed by atoms with van der Waals surface area (Å²) in [7, 11) is 1.50. The lowest BCUT2D eigenvalue weighted by Gasteiger charge is -2.24. The largest absolute Gasteiger partial charge is 0.339 e. The topological polar surface area (TPSA) is 47.6 Å². The Morgan fingerprint density at radius 2 is 2.12 bits per heavy atom. The number of ether oxygens (including phenoxy) is 2. The van der Waals surface area contributed by atoms with Gasteiger partial charge in [0.25, 0.3) is 5.91 Å². The molecule has 1 aliphatic heterocycles. The highest BCUT2D eigenvalue weighted by Gasteiger charge is 2.48. The third-order valence-electron chi connectivity index (χ3n) is 2.88. The van der Waals surface area contributed by atoms with Gasteiger partial charge in [-0.05, 0) is 12.0 Å². The van der Waals surface area contributed by atoms with Crippen LogP contribution in [-0.4, -0.2) is 19.4 Å². The summed E-state index contributed by atoms with van der Waals surface area (Å²) >= 11 is 0. The van der Waals surface area contributed by atoms with Crippen molar-refractivity contribution in [2.45, 2.75) is 25.4 Å². The fourth-order valence-corrected chi connectivity index (χ4v) is 1.95. The number of amides is 1. The monoisotopic (exact) mass is 221 g/mol. The van der Waals surface area contributed by atoms with Gasteiger partial charge in [0.2, 0.25) is 6.41 Å². The Bertz CT molecular complexity index is 379. The molecule has 2 unspecified atom stereocenters. The van der Waals surface area contributed by atoms with Gasteiger partial charge >= 0.3 is 0 Å². The van der Waals surface area contributed by atoms with Gasteiger partial charge in [0.15, 0.2) is 5.60 Å². The summed E-state index contributed by atoms with van der Waals surface area (Å²) < 4.78 is 10.7. The van der Waals surface area contributed by atoms with Crippen molar-refractivity contribution in [3.05, 3.63) is 35.9 Å². The van der Waals surface area contributed by atoms with Crippen LogP contribution in [0.5, 0.6) is 0 Å². The molecule has 0 bridgehead atoms. The average Bonchev–Trinajstić information content (AvgIpc) is 2.68. The van der Waals surface area contributed by atoms with E-state index >= 15 is 0 Å². The van der Waals surface area contributed by atoms with Gasteiger partial charge in [-0.15, -0.1) is 0 Å². The first-order valence-corrected chi connectivity index (χ1v) is 5.30. The van der Waals surface area contributed by atoms with Crippen LogP contribution in [0.15, 0.2) is 30.3 Å². The molecule has 2 atom stereocenters. The number of hydrogen-bond acceptors (Lipinski definition) is 3. The highest BCUT2D eigenvalue weighted by atomic mass is 16.7. The molecule has 0 aliphatic carbocycles. The smallest absolute Gasteiger partial charge is 0.260 e. The van der Waals surface area contributed by atoms with E-state index in [1.165, 1.54) is 7.11 Å². The van der Waals surface area contributed by atoms with Crippen LogP contribution in [0.4, 0.5) is 0 Å². The number of methoxy groups -OCH3 is 1. The van der Waals surface area contributed by atoms with Crippen molar-refractivity contribution in [1.29, 1.82) is 0 Å². The molecule has 1 aliphatic rings. The van der Waals surface area contributed by atoms with E-state index in [1.54, 1.807) is 0 Å². The van der Waals surface area contributed by atoms with Crippen LogP contribution >= 0.6 is 0 Å². The molecule has 1 saturated heterocycles. The van der Waals surface area contributed by atoms with E-state index in [-0.39, 0.29) is 5.91 Å². The zero-order valence-corrected chi connectivity index (χ0v) is 9.40. The molecule has 1 fully saturated rings. The second-order valence-electron chi connectivity index (χ2n) is 3.71. The van der Waals surface area contributed by atoms with Crippen molar-refractivity contribution in [3.63, 3.8) is 0 Å². The predicted octanol–water partition coefficient (Wildman–Crippen LogP) is 1.37. The lowest BCUT2D eigenvalue weighted by Crippen LogP contribution is -2.35. The molecule has 1 heterocycles. The summed E-state index contributed by atoms with van der Waals surface area (Å²) in [5.41, 5.74) is -0.0587. The first-order chi connectivity index (χ1) is 7.73. The molecule has 4 heteroatoms. The lowest BCUT2D eigenvalue weighted by molar-refractivity contribution is -0.169. The van der Waals surface area contributed by atoms with E-state index in [9.17, 15) is 4.79 Å². The van der Waals surface area contributed by atoms with E-state index < -0.39 is 12.0 Å². The molecule has 0 radical (unpaired) electrons. The Morgan fingerprint density at radius 3 is 2.62 bits per heavy atom. The highest BCUT2D eigenvalue weighted by molar-refractivity contribution is 5.88. The number of carbonyl (C=O) groups excluding carboxylic acids is 1. The minimum atomic E-state index is -0.915. The summed E-state index contributed by atoms with van der Waals surface area (Å²) in [6, 6.07) is 9.47. The van der Waals surface area contributed by atoms with Crippen LogP contribution in [0.1, 0.15) is 18.9 Å². The van der Waals surface area contributed by atoms with E-state index in [4.69, 9.17) is 9.47 Å². The third kappa shape index (κ3) is 1.60. The molecular formula is C12H15NO3. The maximum Gasteiger partial charge on any atom is 0.260 e. The Morgan fingerprint density at radius 1 is 1.44 bits per heavy atom. The predicted molar refractivity (Wildman–Crippen MR) is 58.4 cm³/mol. The summed E-state index contributed by atoms with van der Waals surface area (Å²) in [4.78, 5) is 12.0. The standard InChI is InChI=1S/C12H15NO3/c1-3-12(9-7-5-4-6-8-9)10(14)13-11(15-2)16-12/h4-8,11H,3H2,1-2H3,(H,13,14). The van der Waals surface area contributed by atoms with Crippen molar-refractivity contribution < 1.29 is 14.3 Å². The zero-order valence-electron chi connectivity index (χ0n) is 9.40. The van der Waals surface area contributed by atoms with E-state index in [1.807, 2.05) is 37.3 Å². The van der Waals surface area contributed by atoms with Crippen LogP contribution in [0.25, 0.3) is 0 Å². The van der Waals surface area contributed by atoms with Crippen LogP contribution in [0.3, 0.4) is 0 Å². The minimum Gasteiger partial charge on any atom is -0.339 e. The van der Waals surface area contributed by atoms with Crippen molar-refractivity contribution in [1.82, 2.24) is 5.32 Å². The van der Waals surface area contributed by atoms with Gasteiger partial charge in [0.05, 0.1) is 0 Å². The number of rotatable bonds is 3. The zero-order chi connectivity index (χ0) is 11.6. The van der Waals surface area contributed by atoms with E-state index in [0.29, 0.717) is 6.42 Å². The summed E-state index contributed by atoms with van der Waals surface area (Å²) in [6.45, 7) is 1.92. The summed E-state index contributed by atoms with van der Waals surface area (Å²) in [6.07, 6.45) is -0.0874. The van der Waals surface area contributed by atoms with Gasteiger partial charge in [-0.1, -0.05) is 37.3 Å². The minimum absolute atomic E-state index is 0.145. The van der Waals surface area contributed by atoms with E-state index in [0.717, 1.165) is 5.56 Å². The lowest BCUT2D eigenvalue weighted by atomic mass is 9.91. The second kappa shape index (κ2) is 4.23. The molecule has 0 spiro atoms. The van der Waals surface area contributed by atoms with Gasteiger partial charge in [-0.25, -0.2) is 0 Å². The van der Waals surface area contributed by atoms with Crippen molar-refractivity contribution in [2.75, 3.05) is 7.11 Å². The fourth-order valence-electron chi connectivity index (χ4n) is 1.95. The first kappa shape index (κ1) is 11.1. The molecule has 4 nitrogen and oxygen atoms in total. The number of hydrogen-bond donors (Lipinski definition) is 1. The van der Waals surface area contributed by atoms with Crippen molar-refractivity contribution >= 4 is 5.91 Å². The number of nitrogens with one attached hydrogen (secondary N) is 1. The quantitative estimate of drug-likeness (QED) is 0.838. The maximum absolute atomic E-state index is 12.0. The van der Waals surface area contributed by atoms with Gasteiger partial charge in [-0.2, -0.15) is 0 Å². The molecule has 2 rings (SSSR count). The van der Waals surface area contributed by atoms with Gasteiger partial charge in [0, 0.05) is 7.11 Å². The van der Waals surface area contributed by atoms with Crippen LogP contribution < -0.4 is 5.32 Å². The van der Waals surface area contributed by atoms with Gasteiger partial charge < -0.3 is 14.8 Å². The van der Waals surface area contributed by atoms with Crippen LogP contribution in [0, 0.1) is 0 Å². The number of benzene rings is 1. The maximum atomic E-state index is 12.0. The fraction of sp³-hybridized carbons (Fsp3) is 0.417. The first-order valence-electron chi connectivity index (χ1n) is 5.30. The molecule has 1 N–H and O–H groups in total. The molecule has 0 saturated carbocycles. The Hall–Kier alpha value is -1.39. The molecule has 0 aromatic heterocycles. The molecule has 86 valence electrons. The average molecular weight is 221 g/mol. The Kier molecular flexibility index (Phi) is 2.94. The van der Waals surface area contributed by atoms with E-state index in [2.05, 4.69) is 5.32 Å². The molecule has 16 heavy (non-hydrogen) atoms. The van der Waals surface area contributed by atoms with Crippen LogP contribution in [0.2, 0.25) is 0 Å². The molecular weight excluding hydrogens is 206 g/mol. The summed E-state index contributed by atoms with van der Waals surface area (Å²) in [5.74, 6) is -0.145. The second-order valence-corrected chi connectivity index (χ2v) is 3.71. The SMILES string of the molecule is CCC1(c2ccccc2)OC(OC)NC1=O. The van der Waals surface area contributed by atoms with Gasteiger partial charge in [-0.3, -0.25) is 4.79 Å². The van der Waals surface area contributed by atoms with Crippen molar-refractivity contribution in [3.8, 4) is 0 Å². The van der Waals surface area contributed by atoms with Crippen molar-refractivity contribution in [2.24, 2.45) is 0 Å². The number of carbonyl (C=O) groups is 1. The Balaban J connectivity index is 2.37. The highest BCUT2D eigenvalue weighted by Crippen LogP contribution is 2.34. The third-order valence-corrected chi connectivity index (χ3v) is 2.88. The van der Waals surface area contributed by atoms with Gasteiger partial charge in [0.1, 0.15) is 0 Å². The molecule has 1 aromatic carbocycles. The van der Waals surface area contributed by atoms with Crippen LogP contribution in [-0.2, 0) is 19.9 Å². The Labute approximate surface area is 94.6 Å². The molecule has 1 amide bonds. The normalized spacial score (nSPS) is 29.1.